The maximum absolute atomic E-state index is 13.0. The summed E-state index contributed by atoms with van der Waals surface area (Å²) < 4.78 is 0. The highest BCUT2D eigenvalue weighted by molar-refractivity contribution is 5.78. The molecule has 2 heterocycles. The van der Waals surface area contributed by atoms with Crippen molar-refractivity contribution in [2.45, 2.75) is 6.04 Å². The Hall–Kier alpha value is -2.90. The van der Waals surface area contributed by atoms with Gasteiger partial charge in [-0.3, -0.25) is 14.6 Å². The van der Waals surface area contributed by atoms with E-state index in [-0.39, 0.29) is 18.0 Å². The first-order valence-corrected chi connectivity index (χ1v) is 11.8. The molecule has 0 unspecified atom stereocenters. The van der Waals surface area contributed by atoms with Crippen LogP contribution in [0, 0.1) is 0 Å². The molecule has 0 saturated carbocycles. The van der Waals surface area contributed by atoms with Gasteiger partial charge in [-0.25, -0.2) is 4.79 Å². The first-order valence-electron chi connectivity index (χ1n) is 11.8. The van der Waals surface area contributed by atoms with Crippen LogP contribution in [0.3, 0.4) is 0 Å². The molecule has 0 spiro atoms. The third-order valence-corrected chi connectivity index (χ3v) is 6.65. The van der Waals surface area contributed by atoms with E-state index < -0.39 is 0 Å². The standard InChI is InChI=1S/C26H35N5O2/c1-27(2)26(33)31-15-13-28(14-16-31)21-24(32)29-17-19-30(20-18-29)25(22-9-5-3-6-10-22)23-11-7-4-8-12-23/h3-12,25H,13-21H2,1-2H3. The second-order valence-corrected chi connectivity index (χ2v) is 9.08. The average Bonchev–Trinajstić information content (AvgIpc) is 2.86. The molecule has 0 bridgehead atoms. The number of carbonyl (C=O) groups is 2. The number of amides is 3. The molecule has 4 rings (SSSR count). The van der Waals surface area contributed by atoms with Crippen molar-refractivity contribution >= 4 is 11.9 Å². The fraction of sp³-hybridized carbons (Fsp3) is 0.462. The summed E-state index contributed by atoms with van der Waals surface area (Å²) in [4.78, 5) is 35.2. The van der Waals surface area contributed by atoms with E-state index in [2.05, 4.69) is 70.5 Å². The average molecular weight is 450 g/mol. The Balaban J connectivity index is 1.31. The van der Waals surface area contributed by atoms with Crippen molar-refractivity contribution in [3.8, 4) is 0 Å². The summed E-state index contributed by atoms with van der Waals surface area (Å²) in [5.41, 5.74) is 2.57. The SMILES string of the molecule is CN(C)C(=O)N1CCN(CC(=O)N2CCN(C(c3ccccc3)c3ccccc3)CC2)CC1. The largest absolute Gasteiger partial charge is 0.339 e. The van der Waals surface area contributed by atoms with Gasteiger partial charge in [0.1, 0.15) is 0 Å². The molecule has 0 aromatic heterocycles. The van der Waals surface area contributed by atoms with E-state index in [1.165, 1.54) is 11.1 Å². The predicted octanol–water partition coefficient (Wildman–Crippen LogP) is 2.22. The normalized spacial score (nSPS) is 17.9. The van der Waals surface area contributed by atoms with Crippen molar-refractivity contribution in [2.75, 3.05) is 73.0 Å². The van der Waals surface area contributed by atoms with Gasteiger partial charge in [-0.15, -0.1) is 0 Å². The number of benzene rings is 2. The Bertz CT molecular complexity index is 865. The summed E-state index contributed by atoms with van der Waals surface area (Å²) in [6.45, 7) is 6.47. The summed E-state index contributed by atoms with van der Waals surface area (Å²) in [6, 6.07) is 21.5. The molecule has 2 aromatic carbocycles. The van der Waals surface area contributed by atoms with Gasteiger partial charge in [0.05, 0.1) is 12.6 Å². The highest BCUT2D eigenvalue weighted by atomic mass is 16.2. The molecular formula is C26H35N5O2. The summed E-state index contributed by atoms with van der Waals surface area (Å²) >= 11 is 0. The first-order chi connectivity index (χ1) is 16.0. The van der Waals surface area contributed by atoms with Crippen LogP contribution in [0.25, 0.3) is 0 Å². The van der Waals surface area contributed by atoms with Crippen LogP contribution in [0.4, 0.5) is 4.79 Å². The second kappa shape index (κ2) is 10.8. The molecule has 2 fully saturated rings. The number of hydrogen-bond donors (Lipinski definition) is 0. The van der Waals surface area contributed by atoms with Crippen LogP contribution < -0.4 is 0 Å². The third kappa shape index (κ3) is 5.72. The van der Waals surface area contributed by atoms with Gasteiger partial charge < -0.3 is 14.7 Å². The summed E-state index contributed by atoms with van der Waals surface area (Å²) in [6.07, 6.45) is 0. The Labute approximate surface area is 197 Å². The van der Waals surface area contributed by atoms with Crippen molar-refractivity contribution in [3.63, 3.8) is 0 Å². The molecule has 3 amide bonds. The molecule has 33 heavy (non-hydrogen) atoms. The van der Waals surface area contributed by atoms with Gasteiger partial charge in [0.2, 0.25) is 5.91 Å². The minimum atomic E-state index is 0.0449. The zero-order valence-corrected chi connectivity index (χ0v) is 19.8. The Morgan fingerprint density at radius 3 is 1.70 bits per heavy atom. The maximum Gasteiger partial charge on any atom is 0.319 e. The van der Waals surface area contributed by atoms with Crippen molar-refractivity contribution in [1.29, 1.82) is 0 Å². The molecule has 2 aromatic rings. The lowest BCUT2D eigenvalue weighted by Crippen LogP contribution is -2.55. The number of nitrogens with zero attached hydrogens (tertiary/aromatic N) is 5. The highest BCUT2D eigenvalue weighted by Gasteiger charge is 2.29. The molecule has 2 aliphatic heterocycles. The van der Waals surface area contributed by atoms with Gasteiger partial charge in [0, 0.05) is 66.5 Å². The summed E-state index contributed by atoms with van der Waals surface area (Å²) in [5, 5.41) is 0. The van der Waals surface area contributed by atoms with E-state index in [4.69, 9.17) is 0 Å². The molecule has 0 N–H and O–H groups in total. The van der Waals surface area contributed by atoms with E-state index in [0.29, 0.717) is 19.6 Å². The third-order valence-electron chi connectivity index (χ3n) is 6.65. The Morgan fingerprint density at radius 1 is 0.727 bits per heavy atom. The van der Waals surface area contributed by atoms with Crippen molar-refractivity contribution in [2.24, 2.45) is 0 Å². The number of hydrogen-bond acceptors (Lipinski definition) is 4. The fourth-order valence-electron chi connectivity index (χ4n) is 4.79. The van der Waals surface area contributed by atoms with Crippen molar-refractivity contribution in [3.05, 3.63) is 71.8 Å². The van der Waals surface area contributed by atoms with E-state index in [9.17, 15) is 9.59 Å². The van der Waals surface area contributed by atoms with Gasteiger partial charge in [0.25, 0.3) is 0 Å². The number of piperazine rings is 2. The van der Waals surface area contributed by atoms with Crippen LogP contribution >= 0.6 is 0 Å². The monoisotopic (exact) mass is 449 g/mol. The van der Waals surface area contributed by atoms with Crippen LogP contribution in [0.15, 0.2) is 60.7 Å². The summed E-state index contributed by atoms with van der Waals surface area (Å²) in [7, 11) is 3.55. The zero-order valence-electron chi connectivity index (χ0n) is 19.8. The van der Waals surface area contributed by atoms with Gasteiger partial charge in [-0.1, -0.05) is 60.7 Å². The van der Waals surface area contributed by atoms with Crippen molar-refractivity contribution in [1.82, 2.24) is 24.5 Å². The molecule has 7 heteroatoms. The van der Waals surface area contributed by atoms with E-state index in [1.54, 1.807) is 19.0 Å². The van der Waals surface area contributed by atoms with E-state index in [1.807, 2.05) is 9.80 Å². The Kier molecular flexibility index (Phi) is 7.62. The van der Waals surface area contributed by atoms with E-state index in [0.717, 1.165) is 39.3 Å². The van der Waals surface area contributed by atoms with Crippen LogP contribution in [-0.4, -0.2) is 109 Å². The highest BCUT2D eigenvalue weighted by Crippen LogP contribution is 2.29. The minimum Gasteiger partial charge on any atom is -0.339 e. The van der Waals surface area contributed by atoms with Crippen LogP contribution in [0.2, 0.25) is 0 Å². The van der Waals surface area contributed by atoms with E-state index >= 15 is 0 Å². The Morgan fingerprint density at radius 2 is 1.21 bits per heavy atom. The zero-order chi connectivity index (χ0) is 23.2. The van der Waals surface area contributed by atoms with Crippen LogP contribution in [0.5, 0.6) is 0 Å². The quantitative estimate of drug-likeness (QED) is 0.703. The predicted molar refractivity (Wildman–Crippen MR) is 130 cm³/mol. The number of rotatable bonds is 5. The lowest BCUT2D eigenvalue weighted by molar-refractivity contribution is -0.134. The number of carbonyl (C=O) groups excluding carboxylic acids is 2. The van der Waals surface area contributed by atoms with Crippen molar-refractivity contribution < 1.29 is 9.59 Å². The molecule has 7 nitrogen and oxygen atoms in total. The lowest BCUT2D eigenvalue weighted by Gasteiger charge is -2.41. The van der Waals surface area contributed by atoms with Gasteiger partial charge in [0.15, 0.2) is 0 Å². The lowest BCUT2D eigenvalue weighted by atomic mass is 9.96. The van der Waals surface area contributed by atoms with Crippen LogP contribution in [-0.2, 0) is 4.79 Å². The first kappa shape index (κ1) is 23.3. The topological polar surface area (TPSA) is 50.3 Å². The number of urea groups is 1. The molecule has 176 valence electrons. The molecule has 0 aliphatic carbocycles. The second-order valence-electron chi connectivity index (χ2n) is 9.08. The maximum atomic E-state index is 13.0. The minimum absolute atomic E-state index is 0.0449. The van der Waals surface area contributed by atoms with Gasteiger partial charge in [-0.05, 0) is 11.1 Å². The van der Waals surface area contributed by atoms with Gasteiger partial charge in [-0.2, -0.15) is 0 Å². The van der Waals surface area contributed by atoms with Crippen LogP contribution in [0.1, 0.15) is 17.2 Å². The molecular weight excluding hydrogens is 414 g/mol. The fourth-order valence-corrected chi connectivity index (χ4v) is 4.79. The summed E-state index contributed by atoms with van der Waals surface area (Å²) in [5.74, 6) is 0.193. The molecule has 0 radical (unpaired) electrons. The smallest absolute Gasteiger partial charge is 0.319 e. The molecule has 2 aliphatic rings. The molecule has 0 atom stereocenters. The molecule has 2 saturated heterocycles. The van der Waals surface area contributed by atoms with Gasteiger partial charge >= 0.3 is 6.03 Å².